The second kappa shape index (κ2) is 5.32. The zero-order valence-corrected chi connectivity index (χ0v) is 12.2. The van der Waals surface area contributed by atoms with Gasteiger partial charge in [0.15, 0.2) is 5.17 Å². The summed E-state index contributed by atoms with van der Waals surface area (Å²) < 4.78 is 0. The lowest BCUT2D eigenvalue weighted by atomic mass is 10.3. The number of rotatable bonds is 3. The third-order valence-corrected chi connectivity index (χ3v) is 4.70. The first kappa shape index (κ1) is 12.6. The van der Waals surface area contributed by atoms with E-state index < -0.39 is 0 Å². The van der Waals surface area contributed by atoms with Crippen molar-refractivity contribution in [3.8, 4) is 0 Å². The van der Waals surface area contributed by atoms with Crippen LogP contribution in [0.1, 0.15) is 12.8 Å². The van der Waals surface area contributed by atoms with Gasteiger partial charge in [-0.15, -0.1) is 0 Å². The van der Waals surface area contributed by atoms with E-state index in [0.717, 1.165) is 35.6 Å². The lowest BCUT2D eigenvalue weighted by Gasteiger charge is -2.17. The van der Waals surface area contributed by atoms with Crippen molar-refractivity contribution in [2.75, 3.05) is 18.8 Å². The van der Waals surface area contributed by atoms with Gasteiger partial charge in [-0.05, 0) is 37.0 Å². The quantitative estimate of drug-likeness (QED) is 0.820. The first-order chi connectivity index (χ1) is 8.72. The fourth-order valence-electron chi connectivity index (χ4n) is 1.99. The fourth-order valence-corrected chi connectivity index (χ4v) is 3.45. The number of aliphatic imine (C=N–C) groups is 1. The lowest BCUT2D eigenvalue weighted by Crippen LogP contribution is -2.26. The summed E-state index contributed by atoms with van der Waals surface area (Å²) in [6.07, 6.45) is 2.74. The van der Waals surface area contributed by atoms with Gasteiger partial charge in [-0.25, -0.2) is 4.99 Å². The number of hydrogen-bond donors (Lipinski definition) is 0. The molecular weight excluding hydrogens is 287 g/mol. The van der Waals surface area contributed by atoms with Crippen molar-refractivity contribution >= 4 is 45.8 Å². The molecule has 0 bridgehead atoms. The van der Waals surface area contributed by atoms with Crippen molar-refractivity contribution in [2.45, 2.75) is 12.8 Å². The maximum Gasteiger partial charge on any atom is 0.164 e. The SMILES string of the molecule is Clc1ccc(/N=C2\SCCN2CC2CC2)c(Cl)c1. The number of benzene rings is 1. The molecule has 0 aromatic heterocycles. The summed E-state index contributed by atoms with van der Waals surface area (Å²) in [6, 6.07) is 5.46. The Balaban J connectivity index is 1.80. The van der Waals surface area contributed by atoms with E-state index in [9.17, 15) is 0 Å². The van der Waals surface area contributed by atoms with Gasteiger partial charge in [0.2, 0.25) is 0 Å². The van der Waals surface area contributed by atoms with Crippen molar-refractivity contribution < 1.29 is 0 Å². The van der Waals surface area contributed by atoms with Crippen LogP contribution >= 0.6 is 35.0 Å². The van der Waals surface area contributed by atoms with Crippen LogP contribution in [0.2, 0.25) is 10.0 Å². The molecule has 5 heteroatoms. The molecule has 2 aliphatic rings. The topological polar surface area (TPSA) is 15.6 Å². The molecule has 1 aliphatic carbocycles. The molecule has 2 nitrogen and oxygen atoms in total. The van der Waals surface area contributed by atoms with E-state index in [2.05, 4.69) is 9.89 Å². The smallest absolute Gasteiger partial charge is 0.164 e. The summed E-state index contributed by atoms with van der Waals surface area (Å²) >= 11 is 13.9. The molecule has 1 saturated carbocycles. The van der Waals surface area contributed by atoms with Crippen LogP contribution in [-0.4, -0.2) is 28.9 Å². The molecule has 1 aliphatic heterocycles. The molecule has 3 rings (SSSR count). The van der Waals surface area contributed by atoms with Gasteiger partial charge in [-0.2, -0.15) is 0 Å². The fraction of sp³-hybridized carbons (Fsp3) is 0.462. The molecule has 96 valence electrons. The van der Waals surface area contributed by atoms with Crippen molar-refractivity contribution in [2.24, 2.45) is 10.9 Å². The Bertz CT molecular complexity index is 486. The zero-order chi connectivity index (χ0) is 12.5. The average Bonchev–Trinajstić information content (AvgIpc) is 3.03. The molecule has 2 fully saturated rings. The lowest BCUT2D eigenvalue weighted by molar-refractivity contribution is 0.438. The number of thioether (sulfide) groups is 1. The first-order valence-electron chi connectivity index (χ1n) is 6.14. The number of amidine groups is 1. The summed E-state index contributed by atoms with van der Waals surface area (Å²) in [5.74, 6) is 2.01. The van der Waals surface area contributed by atoms with E-state index in [1.165, 1.54) is 12.8 Å². The van der Waals surface area contributed by atoms with Gasteiger partial charge in [0, 0.05) is 23.9 Å². The number of halogens is 2. The van der Waals surface area contributed by atoms with E-state index in [0.29, 0.717) is 10.0 Å². The van der Waals surface area contributed by atoms with Gasteiger partial charge in [-0.1, -0.05) is 35.0 Å². The summed E-state index contributed by atoms with van der Waals surface area (Å²) in [6.45, 7) is 2.25. The van der Waals surface area contributed by atoms with Gasteiger partial charge < -0.3 is 4.90 Å². The Kier molecular flexibility index (Phi) is 3.73. The summed E-state index contributed by atoms with van der Waals surface area (Å²) in [5, 5.41) is 2.37. The molecule has 0 N–H and O–H groups in total. The monoisotopic (exact) mass is 300 g/mol. The third-order valence-electron chi connectivity index (χ3n) is 3.16. The maximum atomic E-state index is 6.15. The Morgan fingerprint density at radius 3 is 2.89 bits per heavy atom. The minimum Gasteiger partial charge on any atom is -0.350 e. The van der Waals surface area contributed by atoms with Crippen LogP contribution in [0, 0.1) is 5.92 Å². The molecule has 0 radical (unpaired) electrons. The molecule has 0 amide bonds. The first-order valence-corrected chi connectivity index (χ1v) is 7.88. The molecule has 0 unspecified atom stereocenters. The van der Waals surface area contributed by atoms with Crippen LogP contribution in [0.3, 0.4) is 0 Å². The highest BCUT2D eigenvalue weighted by Gasteiger charge is 2.28. The largest absolute Gasteiger partial charge is 0.350 e. The van der Waals surface area contributed by atoms with Crippen LogP contribution in [0.4, 0.5) is 5.69 Å². The molecule has 1 saturated heterocycles. The minimum atomic E-state index is 0.619. The zero-order valence-electron chi connectivity index (χ0n) is 9.90. The van der Waals surface area contributed by atoms with E-state index >= 15 is 0 Å². The molecule has 1 aromatic carbocycles. The maximum absolute atomic E-state index is 6.15. The molecule has 18 heavy (non-hydrogen) atoms. The van der Waals surface area contributed by atoms with Gasteiger partial charge in [-0.3, -0.25) is 0 Å². The molecule has 1 heterocycles. The standard InChI is InChI=1S/C13H14Cl2N2S/c14-10-3-4-12(11(15)7-10)16-13-17(5-6-18-13)8-9-1-2-9/h3-4,7,9H,1-2,5-6,8H2/b16-13-. The van der Waals surface area contributed by atoms with Crippen LogP contribution in [0.15, 0.2) is 23.2 Å². The van der Waals surface area contributed by atoms with Gasteiger partial charge >= 0.3 is 0 Å². The van der Waals surface area contributed by atoms with E-state index in [1.807, 2.05) is 23.9 Å². The predicted molar refractivity (Wildman–Crippen MR) is 80.3 cm³/mol. The van der Waals surface area contributed by atoms with Crippen molar-refractivity contribution in [3.63, 3.8) is 0 Å². The second-order valence-electron chi connectivity index (χ2n) is 4.73. The van der Waals surface area contributed by atoms with Crippen molar-refractivity contribution in [1.82, 2.24) is 4.90 Å². The van der Waals surface area contributed by atoms with Gasteiger partial charge in [0.1, 0.15) is 0 Å². The van der Waals surface area contributed by atoms with Crippen LogP contribution in [-0.2, 0) is 0 Å². The third kappa shape index (κ3) is 2.95. The van der Waals surface area contributed by atoms with E-state index in [4.69, 9.17) is 23.2 Å². The normalized spacial score (nSPS) is 21.9. The number of hydrogen-bond acceptors (Lipinski definition) is 2. The Morgan fingerprint density at radius 2 is 2.17 bits per heavy atom. The highest BCUT2D eigenvalue weighted by Crippen LogP contribution is 2.34. The minimum absolute atomic E-state index is 0.619. The predicted octanol–water partition coefficient (Wildman–Crippen LogP) is 4.44. The Hall–Kier alpha value is -0.380. The molecule has 0 spiro atoms. The highest BCUT2D eigenvalue weighted by atomic mass is 35.5. The van der Waals surface area contributed by atoms with Crippen LogP contribution < -0.4 is 0 Å². The highest BCUT2D eigenvalue weighted by molar-refractivity contribution is 8.14. The van der Waals surface area contributed by atoms with E-state index in [-0.39, 0.29) is 0 Å². The van der Waals surface area contributed by atoms with Gasteiger partial charge in [0.05, 0.1) is 10.7 Å². The second-order valence-corrected chi connectivity index (χ2v) is 6.63. The molecular formula is C13H14Cl2N2S. The number of nitrogens with zero attached hydrogens (tertiary/aromatic N) is 2. The Labute approximate surface area is 121 Å². The van der Waals surface area contributed by atoms with Gasteiger partial charge in [0.25, 0.3) is 0 Å². The van der Waals surface area contributed by atoms with Crippen molar-refractivity contribution in [1.29, 1.82) is 0 Å². The molecule has 0 atom stereocenters. The van der Waals surface area contributed by atoms with Crippen LogP contribution in [0.25, 0.3) is 0 Å². The summed E-state index contributed by atoms with van der Waals surface area (Å²) in [4.78, 5) is 7.06. The molecule has 1 aromatic rings. The van der Waals surface area contributed by atoms with Crippen molar-refractivity contribution in [3.05, 3.63) is 28.2 Å². The van der Waals surface area contributed by atoms with E-state index in [1.54, 1.807) is 6.07 Å². The summed E-state index contributed by atoms with van der Waals surface area (Å²) in [7, 11) is 0. The Morgan fingerprint density at radius 1 is 1.33 bits per heavy atom. The average molecular weight is 301 g/mol. The summed E-state index contributed by atoms with van der Waals surface area (Å²) in [5.41, 5.74) is 0.811. The van der Waals surface area contributed by atoms with Crippen LogP contribution in [0.5, 0.6) is 0 Å².